The second kappa shape index (κ2) is 7.67. The van der Waals surface area contributed by atoms with Crippen molar-refractivity contribution < 1.29 is 4.79 Å². The summed E-state index contributed by atoms with van der Waals surface area (Å²) in [5, 5.41) is 3.33. The minimum absolute atomic E-state index is 0.247. The van der Waals surface area contributed by atoms with E-state index in [2.05, 4.69) is 37.9 Å². The average molecular weight is 243 g/mol. The van der Waals surface area contributed by atoms with Crippen LogP contribution in [0.1, 0.15) is 41.0 Å². The molecule has 0 aromatic rings. The molecule has 0 aliphatic heterocycles. The quantitative estimate of drug-likeness (QED) is 0.640. The minimum Gasteiger partial charge on any atom is -0.368 e. The van der Waals surface area contributed by atoms with Gasteiger partial charge in [-0.05, 0) is 25.9 Å². The molecule has 4 heteroatoms. The number of likely N-dealkylation sites (N-methyl/N-ethyl adjacent to an activating group) is 1. The molecule has 0 aromatic heterocycles. The van der Waals surface area contributed by atoms with Gasteiger partial charge in [0.05, 0.1) is 5.54 Å². The molecule has 0 saturated heterocycles. The van der Waals surface area contributed by atoms with Gasteiger partial charge >= 0.3 is 0 Å². The van der Waals surface area contributed by atoms with Crippen LogP contribution < -0.4 is 11.1 Å². The lowest BCUT2D eigenvalue weighted by molar-refractivity contribution is -0.125. The van der Waals surface area contributed by atoms with E-state index in [0.29, 0.717) is 0 Å². The van der Waals surface area contributed by atoms with Gasteiger partial charge in [0.1, 0.15) is 0 Å². The van der Waals surface area contributed by atoms with Gasteiger partial charge in [0.15, 0.2) is 0 Å². The molecule has 0 radical (unpaired) electrons. The Morgan fingerprint density at radius 2 is 1.88 bits per heavy atom. The highest BCUT2D eigenvalue weighted by Crippen LogP contribution is 2.19. The number of primary amides is 1. The molecule has 0 fully saturated rings. The zero-order valence-electron chi connectivity index (χ0n) is 12.0. The van der Waals surface area contributed by atoms with E-state index in [1.165, 1.54) is 0 Å². The predicted molar refractivity (Wildman–Crippen MR) is 72.8 cm³/mol. The molecular weight excluding hydrogens is 214 g/mol. The Morgan fingerprint density at radius 1 is 1.35 bits per heavy atom. The maximum atomic E-state index is 11.6. The number of hydrogen-bond acceptors (Lipinski definition) is 3. The number of nitrogens with two attached hydrogens (primary N) is 1. The highest BCUT2D eigenvalue weighted by atomic mass is 16.1. The molecule has 0 bridgehead atoms. The molecule has 0 rings (SSSR count). The molecule has 3 N–H and O–H groups in total. The summed E-state index contributed by atoms with van der Waals surface area (Å²) in [5.41, 5.74) is 4.92. The molecule has 0 saturated carbocycles. The third kappa shape index (κ3) is 4.64. The van der Waals surface area contributed by atoms with E-state index in [0.717, 1.165) is 32.6 Å². The molecule has 2 unspecified atom stereocenters. The number of carbonyl (C=O) groups is 1. The van der Waals surface area contributed by atoms with Gasteiger partial charge in [-0.1, -0.05) is 34.1 Å². The fraction of sp³-hybridized carbons (Fsp3) is 0.923. The van der Waals surface area contributed by atoms with Crippen LogP contribution in [0.3, 0.4) is 0 Å². The monoisotopic (exact) mass is 243 g/mol. The predicted octanol–water partition coefficient (Wildman–Crippen LogP) is 1.21. The first-order chi connectivity index (χ1) is 7.92. The van der Waals surface area contributed by atoms with E-state index in [4.69, 9.17) is 5.73 Å². The summed E-state index contributed by atoms with van der Waals surface area (Å²) >= 11 is 0. The summed E-state index contributed by atoms with van der Waals surface area (Å²) in [6.07, 6.45) is 0.942. The molecule has 1 amide bonds. The highest BCUT2D eigenvalue weighted by Gasteiger charge is 2.35. The highest BCUT2D eigenvalue weighted by molar-refractivity contribution is 5.84. The van der Waals surface area contributed by atoms with E-state index in [9.17, 15) is 4.79 Å². The lowest BCUT2D eigenvalue weighted by atomic mass is 9.84. The number of hydrogen-bond donors (Lipinski definition) is 2. The van der Waals surface area contributed by atoms with Crippen LogP contribution in [0.2, 0.25) is 0 Å². The maximum Gasteiger partial charge on any atom is 0.237 e. The Balaban J connectivity index is 4.33. The topological polar surface area (TPSA) is 58.4 Å². The van der Waals surface area contributed by atoms with Gasteiger partial charge in [-0.25, -0.2) is 0 Å². The Bertz CT molecular complexity index is 229. The van der Waals surface area contributed by atoms with E-state index in [1.54, 1.807) is 0 Å². The lowest BCUT2D eigenvalue weighted by Crippen LogP contribution is -2.58. The zero-order valence-corrected chi connectivity index (χ0v) is 12.0. The van der Waals surface area contributed by atoms with Crippen molar-refractivity contribution in [3.8, 4) is 0 Å². The average Bonchev–Trinajstić information content (AvgIpc) is 2.32. The molecule has 0 aliphatic carbocycles. The third-order valence-electron chi connectivity index (χ3n) is 3.92. The second-order valence-corrected chi connectivity index (χ2v) is 4.83. The second-order valence-electron chi connectivity index (χ2n) is 4.83. The largest absolute Gasteiger partial charge is 0.368 e. The van der Waals surface area contributed by atoms with E-state index < -0.39 is 5.54 Å². The van der Waals surface area contributed by atoms with Crippen LogP contribution in [0.5, 0.6) is 0 Å². The van der Waals surface area contributed by atoms with Crippen LogP contribution in [0.15, 0.2) is 0 Å². The molecule has 2 atom stereocenters. The van der Waals surface area contributed by atoms with Crippen molar-refractivity contribution in [2.45, 2.75) is 46.6 Å². The summed E-state index contributed by atoms with van der Waals surface area (Å²) in [6.45, 7) is 14.2. The Morgan fingerprint density at radius 3 is 2.24 bits per heavy atom. The Hall–Kier alpha value is -0.610. The van der Waals surface area contributed by atoms with Crippen molar-refractivity contribution in [3.63, 3.8) is 0 Å². The van der Waals surface area contributed by atoms with Crippen molar-refractivity contribution in [2.75, 3.05) is 26.2 Å². The van der Waals surface area contributed by atoms with E-state index in [1.807, 2.05) is 6.92 Å². The van der Waals surface area contributed by atoms with Crippen LogP contribution >= 0.6 is 0 Å². The van der Waals surface area contributed by atoms with Crippen LogP contribution in [0.4, 0.5) is 0 Å². The van der Waals surface area contributed by atoms with Gasteiger partial charge in [0.25, 0.3) is 0 Å². The molecule has 0 aliphatic rings. The summed E-state index contributed by atoms with van der Waals surface area (Å²) in [6, 6.07) is 0. The zero-order chi connectivity index (χ0) is 13.5. The molecule has 0 aromatic carbocycles. The number of amides is 1. The maximum absolute atomic E-state index is 11.6. The first-order valence-electron chi connectivity index (χ1n) is 6.69. The first-order valence-corrected chi connectivity index (χ1v) is 6.69. The molecule has 17 heavy (non-hydrogen) atoms. The molecule has 0 heterocycles. The normalized spacial score (nSPS) is 16.8. The smallest absolute Gasteiger partial charge is 0.237 e. The lowest BCUT2D eigenvalue weighted by Gasteiger charge is -2.34. The first kappa shape index (κ1) is 16.4. The minimum atomic E-state index is -0.595. The third-order valence-corrected chi connectivity index (χ3v) is 3.92. The molecule has 102 valence electrons. The summed E-state index contributed by atoms with van der Waals surface area (Å²) < 4.78 is 0. The summed E-state index contributed by atoms with van der Waals surface area (Å²) in [5.74, 6) is -0.0110. The SMILES string of the molecule is CCC(C)C(C)(NCCN(CC)CC)C(N)=O. The molecular formula is C13H29N3O. The molecule has 4 nitrogen and oxygen atoms in total. The Labute approximate surface area is 106 Å². The van der Waals surface area contributed by atoms with Gasteiger partial charge in [-0.3, -0.25) is 4.79 Å². The summed E-state index contributed by atoms with van der Waals surface area (Å²) in [7, 11) is 0. The number of carbonyl (C=O) groups excluding carboxylic acids is 1. The van der Waals surface area contributed by atoms with Crippen molar-refractivity contribution >= 4 is 5.91 Å². The van der Waals surface area contributed by atoms with Crippen LogP contribution in [0, 0.1) is 5.92 Å². The fourth-order valence-corrected chi connectivity index (χ4v) is 1.93. The number of nitrogens with zero attached hydrogens (tertiary/aromatic N) is 1. The van der Waals surface area contributed by atoms with Gasteiger partial charge in [0.2, 0.25) is 5.91 Å². The van der Waals surface area contributed by atoms with Crippen molar-refractivity contribution in [1.82, 2.24) is 10.2 Å². The van der Waals surface area contributed by atoms with E-state index >= 15 is 0 Å². The van der Waals surface area contributed by atoms with Gasteiger partial charge < -0.3 is 16.0 Å². The van der Waals surface area contributed by atoms with E-state index in [-0.39, 0.29) is 11.8 Å². The summed E-state index contributed by atoms with van der Waals surface area (Å²) in [4.78, 5) is 13.9. The standard InChI is InChI=1S/C13H29N3O/c1-6-11(4)13(5,12(14)17)15-9-10-16(7-2)8-3/h11,15H,6-10H2,1-5H3,(H2,14,17). The van der Waals surface area contributed by atoms with Crippen molar-refractivity contribution in [2.24, 2.45) is 11.7 Å². The number of rotatable bonds is 9. The van der Waals surface area contributed by atoms with Crippen LogP contribution in [-0.2, 0) is 4.79 Å². The number of nitrogens with one attached hydrogen (secondary N) is 1. The molecule has 0 spiro atoms. The van der Waals surface area contributed by atoms with Gasteiger partial charge in [-0.2, -0.15) is 0 Å². The van der Waals surface area contributed by atoms with Gasteiger partial charge in [0, 0.05) is 13.1 Å². The fourth-order valence-electron chi connectivity index (χ4n) is 1.93. The Kier molecular flexibility index (Phi) is 7.39. The van der Waals surface area contributed by atoms with Crippen molar-refractivity contribution in [3.05, 3.63) is 0 Å². The van der Waals surface area contributed by atoms with Crippen molar-refractivity contribution in [1.29, 1.82) is 0 Å². The van der Waals surface area contributed by atoms with Crippen LogP contribution in [0.25, 0.3) is 0 Å². The van der Waals surface area contributed by atoms with Crippen LogP contribution in [-0.4, -0.2) is 42.5 Å². The van der Waals surface area contributed by atoms with Gasteiger partial charge in [-0.15, -0.1) is 0 Å².